The predicted octanol–water partition coefficient (Wildman–Crippen LogP) is 4.59. The lowest BCUT2D eigenvalue weighted by Gasteiger charge is -2.16. The number of oxazole rings is 1. The largest absolute Gasteiger partial charge is 0.493 e. The number of aryl methyl sites for hydroxylation is 1. The molecule has 0 radical (unpaired) electrons. The molecule has 1 N–H and O–H groups in total. The molecule has 0 aliphatic heterocycles. The van der Waals surface area contributed by atoms with E-state index in [4.69, 9.17) is 13.9 Å². The van der Waals surface area contributed by atoms with Crippen LogP contribution in [0.1, 0.15) is 31.0 Å². The van der Waals surface area contributed by atoms with Gasteiger partial charge in [0.2, 0.25) is 5.89 Å². The van der Waals surface area contributed by atoms with Gasteiger partial charge in [0.05, 0.1) is 36.1 Å². The van der Waals surface area contributed by atoms with E-state index in [-0.39, 0.29) is 22.4 Å². The minimum atomic E-state index is -3.85. The zero-order chi connectivity index (χ0) is 21.2. The molecular weight excluding hydrogens is 392 g/mol. The predicted molar refractivity (Wildman–Crippen MR) is 111 cm³/mol. The Morgan fingerprint density at radius 2 is 1.76 bits per heavy atom. The van der Waals surface area contributed by atoms with Gasteiger partial charge in [-0.25, -0.2) is 13.4 Å². The number of benzene rings is 2. The first-order valence-corrected chi connectivity index (χ1v) is 10.5. The number of anilines is 1. The van der Waals surface area contributed by atoms with Gasteiger partial charge in [0.25, 0.3) is 10.0 Å². The molecule has 3 aromatic rings. The zero-order valence-corrected chi connectivity index (χ0v) is 17.8. The summed E-state index contributed by atoms with van der Waals surface area (Å²) in [6.07, 6.45) is 1.50. The second kappa shape index (κ2) is 8.16. The van der Waals surface area contributed by atoms with Gasteiger partial charge in [0, 0.05) is 6.07 Å². The molecule has 2 aromatic carbocycles. The molecule has 1 aromatic heterocycles. The fourth-order valence-electron chi connectivity index (χ4n) is 2.86. The van der Waals surface area contributed by atoms with E-state index < -0.39 is 10.0 Å². The molecule has 0 amide bonds. The van der Waals surface area contributed by atoms with Gasteiger partial charge in [-0.15, -0.1) is 0 Å². The van der Waals surface area contributed by atoms with Crippen molar-refractivity contribution in [2.45, 2.75) is 31.6 Å². The summed E-state index contributed by atoms with van der Waals surface area (Å²) in [4.78, 5) is 4.49. The summed E-state index contributed by atoms with van der Waals surface area (Å²) >= 11 is 0. The maximum atomic E-state index is 13.1. The van der Waals surface area contributed by atoms with Gasteiger partial charge in [0.15, 0.2) is 11.5 Å². The fraction of sp³-hybridized carbons (Fsp3) is 0.286. The number of nitrogens with zero attached hydrogens (tertiary/aromatic N) is 1. The van der Waals surface area contributed by atoms with Crippen molar-refractivity contribution in [3.8, 4) is 23.0 Å². The molecule has 3 rings (SSSR count). The van der Waals surface area contributed by atoms with E-state index in [1.165, 1.54) is 20.5 Å². The average Bonchev–Trinajstić information content (AvgIpc) is 3.13. The highest BCUT2D eigenvalue weighted by Gasteiger charge is 2.22. The molecule has 29 heavy (non-hydrogen) atoms. The lowest BCUT2D eigenvalue weighted by atomic mass is 10.0. The first kappa shape index (κ1) is 20.7. The highest BCUT2D eigenvalue weighted by molar-refractivity contribution is 7.92. The van der Waals surface area contributed by atoms with Crippen molar-refractivity contribution in [1.29, 1.82) is 0 Å². The third kappa shape index (κ3) is 4.37. The van der Waals surface area contributed by atoms with Gasteiger partial charge in [-0.1, -0.05) is 26.0 Å². The Morgan fingerprint density at radius 1 is 1.07 bits per heavy atom. The molecule has 0 aliphatic carbocycles. The number of rotatable bonds is 7. The van der Waals surface area contributed by atoms with E-state index in [0.717, 1.165) is 5.56 Å². The third-order valence-electron chi connectivity index (χ3n) is 4.45. The van der Waals surface area contributed by atoms with Crippen molar-refractivity contribution in [3.05, 3.63) is 53.9 Å². The first-order valence-electron chi connectivity index (χ1n) is 9.06. The smallest absolute Gasteiger partial charge is 0.261 e. The van der Waals surface area contributed by atoms with Crippen molar-refractivity contribution >= 4 is 15.7 Å². The third-order valence-corrected chi connectivity index (χ3v) is 5.82. The van der Waals surface area contributed by atoms with Crippen LogP contribution in [0.5, 0.6) is 11.5 Å². The standard InChI is InChI=1S/C21H24N2O5S/c1-13(2)15-7-6-8-16(9-15)29(24,25)23-18-11-20(27-5)19(26-4)10-17(18)21-22-14(3)12-28-21/h6-13,23H,1-5H3. The molecular formula is C21H24N2O5S. The Morgan fingerprint density at radius 3 is 2.34 bits per heavy atom. The molecule has 0 saturated carbocycles. The van der Waals surface area contributed by atoms with Crippen LogP contribution in [-0.2, 0) is 10.0 Å². The molecule has 0 unspecified atom stereocenters. The Bertz CT molecular complexity index is 1120. The average molecular weight is 416 g/mol. The topological polar surface area (TPSA) is 90.7 Å². The van der Waals surface area contributed by atoms with Crippen LogP contribution < -0.4 is 14.2 Å². The Hall–Kier alpha value is -3.00. The number of sulfonamides is 1. The molecule has 7 nitrogen and oxygen atoms in total. The summed E-state index contributed by atoms with van der Waals surface area (Å²) in [5.74, 6) is 1.30. The van der Waals surface area contributed by atoms with Gasteiger partial charge < -0.3 is 13.9 Å². The number of methoxy groups -OCH3 is 2. The van der Waals surface area contributed by atoms with E-state index >= 15 is 0 Å². The lowest BCUT2D eigenvalue weighted by molar-refractivity contribution is 0.355. The normalized spacial score (nSPS) is 11.5. The quantitative estimate of drug-likeness (QED) is 0.606. The van der Waals surface area contributed by atoms with E-state index in [1.54, 1.807) is 37.3 Å². The maximum Gasteiger partial charge on any atom is 0.261 e. The van der Waals surface area contributed by atoms with Gasteiger partial charge in [-0.3, -0.25) is 4.72 Å². The van der Waals surface area contributed by atoms with E-state index in [9.17, 15) is 8.42 Å². The highest BCUT2D eigenvalue weighted by Crippen LogP contribution is 2.39. The Kier molecular flexibility index (Phi) is 5.83. The molecule has 0 aliphatic rings. The van der Waals surface area contributed by atoms with Gasteiger partial charge in [-0.05, 0) is 36.6 Å². The van der Waals surface area contributed by atoms with Gasteiger partial charge in [0.1, 0.15) is 6.26 Å². The van der Waals surface area contributed by atoms with E-state index in [0.29, 0.717) is 22.8 Å². The zero-order valence-electron chi connectivity index (χ0n) is 17.0. The molecule has 0 spiro atoms. The van der Waals surface area contributed by atoms with Crippen LogP contribution in [0.2, 0.25) is 0 Å². The van der Waals surface area contributed by atoms with Crippen LogP contribution in [0.4, 0.5) is 5.69 Å². The highest BCUT2D eigenvalue weighted by atomic mass is 32.2. The van der Waals surface area contributed by atoms with Crippen LogP contribution in [0.15, 0.2) is 52.0 Å². The molecule has 1 heterocycles. The summed E-state index contributed by atoms with van der Waals surface area (Å²) in [5, 5.41) is 0. The summed E-state index contributed by atoms with van der Waals surface area (Å²) in [7, 11) is -0.866. The van der Waals surface area contributed by atoms with Crippen LogP contribution in [0.3, 0.4) is 0 Å². The van der Waals surface area contributed by atoms with Crippen LogP contribution >= 0.6 is 0 Å². The second-order valence-electron chi connectivity index (χ2n) is 6.88. The molecule has 0 saturated heterocycles. The van der Waals surface area contributed by atoms with Gasteiger partial charge >= 0.3 is 0 Å². The Labute approximate surface area is 170 Å². The van der Waals surface area contributed by atoms with E-state index in [1.807, 2.05) is 19.9 Å². The maximum absolute atomic E-state index is 13.1. The lowest BCUT2D eigenvalue weighted by Crippen LogP contribution is -2.14. The summed E-state index contributed by atoms with van der Waals surface area (Å²) in [6, 6.07) is 10.1. The number of aromatic nitrogens is 1. The molecule has 0 atom stereocenters. The van der Waals surface area contributed by atoms with Crippen LogP contribution in [0.25, 0.3) is 11.5 Å². The van der Waals surface area contributed by atoms with Crippen LogP contribution in [-0.4, -0.2) is 27.6 Å². The number of hydrogen-bond donors (Lipinski definition) is 1. The number of hydrogen-bond acceptors (Lipinski definition) is 6. The number of ether oxygens (including phenoxy) is 2. The van der Waals surface area contributed by atoms with Gasteiger partial charge in [-0.2, -0.15) is 0 Å². The molecule has 154 valence electrons. The molecule has 0 fully saturated rings. The molecule has 0 bridgehead atoms. The van der Waals surface area contributed by atoms with Crippen LogP contribution in [0, 0.1) is 6.92 Å². The minimum absolute atomic E-state index is 0.174. The Balaban J connectivity index is 2.11. The fourth-order valence-corrected chi connectivity index (χ4v) is 3.99. The second-order valence-corrected chi connectivity index (χ2v) is 8.56. The summed E-state index contributed by atoms with van der Waals surface area (Å²) < 4.78 is 45.0. The van der Waals surface area contributed by atoms with Crippen molar-refractivity contribution in [3.63, 3.8) is 0 Å². The molecule has 8 heteroatoms. The van der Waals surface area contributed by atoms with Crippen molar-refractivity contribution < 1.29 is 22.3 Å². The first-order chi connectivity index (χ1) is 13.7. The van der Waals surface area contributed by atoms with Crippen molar-refractivity contribution in [2.75, 3.05) is 18.9 Å². The summed E-state index contributed by atoms with van der Waals surface area (Å²) in [6.45, 7) is 5.81. The summed E-state index contributed by atoms with van der Waals surface area (Å²) in [5.41, 5.74) is 2.33. The number of nitrogens with one attached hydrogen (secondary N) is 1. The van der Waals surface area contributed by atoms with Crippen molar-refractivity contribution in [1.82, 2.24) is 4.98 Å². The van der Waals surface area contributed by atoms with Crippen molar-refractivity contribution in [2.24, 2.45) is 0 Å². The van der Waals surface area contributed by atoms with E-state index in [2.05, 4.69) is 9.71 Å². The monoisotopic (exact) mass is 416 g/mol. The SMILES string of the molecule is COc1cc(NS(=O)(=O)c2cccc(C(C)C)c2)c(-c2nc(C)co2)cc1OC. The minimum Gasteiger partial charge on any atom is -0.493 e.